The van der Waals surface area contributed by atoms with Gasteiger partial charge in [-0.3, -0.25) is 0 Å². The Bertz CT molecular complexity index is 436. The third-order valence-corrected chi connectivity index (χ3v) is 4.86. The highest BCUT2D eigenvalue weighted by Crippen LogP contribution is 2.60. The van der Waals surface area contributed by atoms with Gasteiger partial charge >= 0.3 is 0 Å². The Morgan fingerprint density at radius 1 is 1.35 bits per heavy atom. The van der Waals surface area contributed by atoms with Gasteiger partial charge in [-0.25, -0.2) is 4.39 Å². The van der Waals surface area contributed by atoms with Crippen molar-refractivity contribution in [2.75, 3.05) is 6.61 Å². The molecule has 0 aliphatic heterocycles. The fourth-order valence-corrected chi connectivity index (χ4v) is 3.83. The molecule has 3 heteroatoms. The average molecular weight is 299 g/mol. The lowest BCUT2D eigenvalue weighted by Gasteiger charge is -2.29. The maximum absolute atomic E-state index is 13.7. The van der Waals surface area contributed by atoms with Crippen molar-refractivity contribution in [3.8, 4) is 0 Å². The van der Waals surface area contributed by atoms with Crippen LogP contribution in [0.25, 0.3) is 0 Å². The summed E-state index contributed by atoms with van der Waals surface area (Å²) in [4.78, 5) is 0. The molecule has 0 bridgehead atoms. The first-order valence-electron chi connectivity index (χ1n) is 6.17. The molecule has 1 aromatic rings. The Morgan fingerprint density at radius 2 is 2.06 bits per heavy atom. The van der Waals surface area contributed by atoms with Gasteiger partial charge in [-0.2, -0.15) is 0 Å². The van der Waals surface area contributed by atoms with Gasteiger partial charge in [0.2, 0.25) is 0 Å². The summed E-state index contributed by atoms with van der Waals surface area (Å²) in [6.07, 6.45) is 4.13. The Hall–Kier alpha value is -0.410. The van der Waals surface area contributed by atoms with Gasteiger partial charge < -0.3 is 5.11 Å². The van der Waals surface area contributed by atoms with E-state index >= 15 is 0 Å². The molecule has 92 valence electrons. The van der Waals surface area contributed by atoms with Crippen LogP contribution in [-0.4, -0.2) is 11.7 Å². The summed E-state index contributed by atoms with van der Waals surface area (Å²) in [5, 5.41) is 9.64. The molecule has 2 atom stereocenters. The van der Waals surface area contributed by atoms with Crippen LogP contribution in [0.15, 0.2) is 22.7 Å². The van der Waals surface area contributed by atoms with E-state index in [1.165, 1.54) is 12.5 Å². The summed E-state index contributed by atoms with van der Waals surface area (Å²) in [5.41, 5.74) is 0.671. The van der Waals surface area contributed by atoms with Crippen molar-refractivity contribution >= 4 is 15.9 Å². The van der Waals surface area contributed by atoms with E-state index in [0.717, 1.165) is 34.7 Å². The minimum Gasteiger partial charge on any atom is -0.396 e. The minimum absolute atomic E-state index is 0.0603. The van der Waals surface area contributed by atoms with Crippen molar-refractivity contribution < 1.29 is 9.50 Å². The zero-order chi connectivity index (χ0) is 12.0. The van der Waals surface area contributed by atoms with E-state index in [1.54, 1.807) is 6.07 Å². The molecule has 3 rings (SSSR count). The van der Waals surface area contributed by atoms with Crippen LogP contribution in [0.1, 0.15) is 24.8 Å². The number of fused-ring (bicyclic) bond motifs is 1. The third-order valence-electron chi connectivity index (χ3n) is 4.37. The van der Waals surface area contributed by atoms with Crippen molar-refractivity contribution in [2.24, 2.45) is 17.3 Å². The first kappa shape index (κ1) is 11.7. The summed E-state index contributed by atoms with van der Waals surface area (Å²) in [5.74, 6) is 1.45. The van der Waals surface area contributed by atoms with Crippen LogP contribution in [0.4, 0.5) is 4.39 Å². The van der Waals surface area contributed by atoms with Crippen molar-refractivity contribution in [3.63, 3.8) is 0 Å². The number of halogens is 2. The van der Waals surface area contributed by atoms with Crippen molar-refractivity contribution in [3.05, 3.63) is 34.1 Å². The van der Waals surface area contributed by atoms with E-state index in [-0.39, 0.29) is 17.8 Å². The summed E-state index contributed by atoms with van der Waals surface area (Å²) >= 11 is 3.38. The standard InChI is InChI=1S/C14H16BrFO/c15-12-1-2-13(16)11(4-12)7-14(8-17)5-9-3-10(9)6-14/h1-2,4,9-10,17H,3,5-8H2. The predicted molar refractivity (Wildman–Crippen MR) is 68.2 cm³/mol. The summed E-state index contributed by atoms with van der Waals surface area (Å²) < 4.78 is 14.6. The van der Waals surface area contributed by atoms with Crippen LogP contribution >= 0.6 is 15.9 Å². The second-order valence-corrected chi connectivity index (χ2v) is 6.65. The van der Waals surface area contributed by atoms with Crippen molar-refractivity contribution in [2.45, 2.75) is 25.7 Å². The Labute approximate surface area is 109 Å². The molecule has 1 N–H and O–H groups in total. The fraction of sp³-hybridized carbons (Fsp3) is 0.571. The van der Waals surface area contributed by atoms with Crippen LogP contribution in [0.5, 0.6) is 0 Å². The first-order chi connectivity index (χ1) is 8.12. The average Bonchev–Trinajstić information content (AvgIpc) is 2.92. The molecule has 1 aromatic carbocycles. The molecule has 2 saturated carbocycles. The molecule has 0 radical (unpaired) electrons. The lowest BCUT2D eigenvalue weighted by Crippen LogP contribution is -2.26. The normalized spacial score (nSPS) is 34.8. The SMILES string of the molecule is OCC1(Cc2cc(Br)ccc2F)CC2CC2C1. The van der Waals surface area contributed by atoms with E-state index in [9.17, 15) is 9.50 Å². The van der Waals surface area contributed by atoms with Crippen LogP contribution < -0.4 is 0 Å². The van der Waals surface area contributed by atoms with Gasteiger partial charge in [0.05, 0.1) is 0 Å². The van der Waals surface area contributed by atoms with Crippen LogP contribution in [0.2, 0.25) is 0 Å². The second-order valence-electron chi connectivity index (χ2n) is 5.73. The van der Waals surface area contributed by atoms with E-state index < -0.39 is 0 Å². The number of benzene rings is 1. The highest BCUT2D eigenvalue weighted by Gasteiger charge is 2.53. The highest BCUT2D eigenvalue weighted by atomic mass is 79.9. The van der Waals surface area contributed by atoms with Gasteiger partial charge in [-0.1, -0.05) is 15.9 Å². The molecule has 2 aliphatic carbocycles. The number of hydrogen-bond acceptors (Lipinski definition) is 1. The van der Waals surface area contributed by atoms with Gasteiger partial charge in [-0.05, 0) is 66.7 Å². The smallest absolute Gasteiger partial charge is 0.126 e. The molecule has 2 unspecified atom stereocenters. The van der Waals surface area contributed by atoms with Crippen LogP contribution in [-0.2, 0) is 6.42 Å². The van der Waals surface area contributed by atoms with Gasteiger partial charge in [0.25, 0.3) is 0 Å². The first-order valence-corrected chi connectivity index (χ1v) is 6.96. The van der Waals surface area contributed by atoms with Crippen LogP contribution in [0, 0.1) is 23.1 Å². The third kappa shape index (κ3) is 2.15. The molecule has 2 aliphatic rings. The van der Waals surface area contributed by atoms with E-state index in [2.05, 4.69) is 15.9 Å². The van der Waals surface area contributed by atoms with Crippen LogP contribution in [0.3, 0.4) is 0 Å². The lowest BCUT2D eigenvalue weighted by molar-refractivity contribution is 0.116. The predicted octanol–water partition coefficient (Wildman–Crippen LogP) is 3.54. The highest BCUT2D eigenvalue weighted by molar-refractivity contribution is 9.10. The molecule has 0 aromatic heterocycles. The molecular formula is C14H16BrFO. The van der Waals surface area contributed by atoms with Gasteiger partial charge in [0.1, 0.15) is 5.82 Å². The van der Waals surface area contributed by atoms with Gasteiger partial charge in [-0.15, -0.1) is 0 Å². The topological polar surface area (TPSA) is 20.2 Å². The minimum atomic E-state index is -0.151. The summed E-state index contributed by atoms with van der Waals surface area (Å²) in [6.45, 7) is 0.186. The Balaban J connectivity index is 1.83. The summed E-state index contributed by atoms with van der Waals surface area (Å²) in [7, 11) is 0. The Kier molecular flexibility index (Phi) is 2.79. The largest absolute Gasteiger partial charge is 0.396 e. The maximum atomic E-state index is 13.7. The van der Waals surface area contributed by atoms with Gasteiger partial charge in [0, 0.05) is 11.1 Å². The number of aliphatic hydroxyl groups is 1. The molecular weight excluding hydrogens is 283 g/mol. The zero-order valence-corrected chi connectivity index (χ0v) is 11.2. The molecule has 0 saturated heterocycles. The lowest BCUT2D eigenvalue weighted by atomic mass is 9.78. The number of rotatable bonds is 3. The van der Waals surface area contributed by atoms with E-state index in [0.29, 0.717) is 6.42 Å². The number of aliphatic hydroxyl groups excluding tert-OH is 1. The quantitative estimate of drug-likeness (QED) is 0.905. The van der Waals surface area contributed by atoms with Gasteiger partial charge in [0.15, 0.2) is 0 Å². The van der Waals surface area contributed by atoms with Crippen molar-refractivity contribution in [1.82, 2.24) is 0 Å². The molecule has 17 heavy (non-hydrogen) atoms. The summed E-state index contributed by atoms with van der Waals surface area (Å²) in [6, 6.07) is 5.06. The Morgan fingerprint density at radius 3 is 2.71 bits per heavy atom. The fourth-order valence-electron chi connectivity index (χ4n) is 3.42. The molecule has 1 nitrogen and oxygen atoms in total. The zero-order valence-electron chi connectivity index (χ0n) is 9.63. The molecule has 2 fully saturated rings. The monoisotopic (exact) mass is 298 g/mol. The number of hydrogen-bond donors (Lipinski definition) is 1. The van der Waals surface area contributed by atoms with E-state index in [1.807, 2.05) is 6.07 Å². The molecule has 0 spiro atoms. The molecule has 0 heterocycles. The van der Waals surface area contributed by atoms with E-state index in [4.69, 9.17) is 0 Å². The maximum Gasteiger partial charge on any atom is 0.126 e. The molecule has 0 amide bonds. The second kappa shape index (κ2) is 4.06. The van der Waals surface area contributed by atoms with Crippen molar-refractivity contribution in [1.29, 1.82) is 0 Å².